The zero-order valence-electron chi connectivity index (χ0n) is 14.7. The topological polar surface area (TPSA) is 66.5 Å². The summed E-state index contributed by atoms with van der Waals surface area (Å²) in [6, 6.07) is 11.7. The van der Waals surface area contributed by atoms with Gasteiger partial charge in [-0.2, -0.15) is 17.5 Å². The van der Waals surface area contributed by atoms with Crippen LogP contribution in [0.1, 0.15) is 22.7 Å². The van der Waals surface area contributed by atoms with E-state index in [1.54, 1.807) is 30.3 Å². The second-order valence-corrected chi connectivity index (χ2v) is 8.05. The average molecular weight is 400 g/mol. The van der Waals surface area contributed by atoms with Crippen LogP contribution in [0.4, 0.5) is 13.2 Å². The molecule has 2 aromatic carbocycles. The zero-order valence-corrected chi connectivity index (χ0v) is 15.5. The van der Waals surface area contributed by atoms with Crippen molar-refractivity contribution in [1.29, 1.82) is 0 Å². The molecule has 5 nitrogen and oxygen atoms in total. The number of rotatable bonds is 6. The molecule has 0 aliphatic carbocycles. The Morgan fingerprint density at radius 1 is 1.11 bits per heavy atom. The smallest absolute Gasteiger partial charge is 0.350 e. The van der Waals surface area contributed by atoms with Crippen LogP contribution in [0, 0.1) is 0 Å². The van der Waals surface area contributed by atoms with Gasteiger partial charge in [0.1, 0.15) is 6.04 Å². The molecule has 27 heavy (non-hydrogen) atoms. The second-order valence-electron chi connectivity index (χ2n) is 6.01. The Morgan fingerprint density at radius 3 is 2.30 bits per heavy atom. The van der Waals surface area contributed by atoms with Gasteiger partial charge in [0.05, 0.1) is 11.8 Å². The Bertz CT molecular complexity index is 900. The Morgan fingerprint density at radius 2 is 1.74 bits per heavy atom. The molecule has 0 spiro atoms. The molecule has 0 saturated heterocycles. The van der Waals surface area contributed by atoms with E-state index in [9.17, 15) is 26.4 Å². The summed E-state index contributed by atoms with van der Waals surface area (Å²) in [6.07, 6.45) is -3.51. The van der Waals surface area contributed by atoms with Crippen molar-refractivity contribution in [3.63, 3.8) is 0 Å². The number of hydrogen-bond acceptors (Lipinski definition) is 3. The quantitative estimate of drug-likeness (QED) is 0.811. The van der Waals surface area contributed by atoms with Crippen molar-refractivity contribution in [3.05, 3.63) is 71.3 Å². The Hall–Kier alpha value is -2.39. The number of carbonyl (C=O) groups is 1. The second kappa shape index (κ2) is 8.10. The van der Waals surface area contributed by atoms with E-state index < -0.39 is 33.7 Å². The summed E-state index contributed by atoms with van der Waals surface area (Å²) in [5, 5.41) is 2.52. The minimum atomic E-state index is -4.48. The van der Waals surface area contributed by atoms with E-state index in [-0.39, 0.29) is 12.1 Å². The van der Waals surface area contributed by atoms with E-state index in [0.717, 1.165) is 22.7 Å². The van der Waals surface area contributed by atoms with Crippen molar-refractivity contribution >= 4 is 15.9 Å². The number of halogens is 3. The van der Waals surface area contributed by atoms with Crippen LogP contribution in [0.5, 0.6) is 0 Å². The SMILES string of the molecule is CN([C@@H](C(=O)NCc1cccc(C(F)(F)F)c1)c1ccccc1)S(C)(=O)=O. The molecule has 2 aromatic rings. The normalized spacial score (nSPS) is 13.4. The van der Waals surface area contributed by atoms with E-state index >= 15 is 0 Å². The van der Waals surface area contributed by atoms with E-state index in [2.05, 4.69) is 5.32 Å². The number of benzene rings is 2. The fraction of sp³-hybridized carbons (Fsp3) is 0.278. The first-order chi connectivity index (χ1) is 12.5. The highest BCUT2D eigenvalue weighted by Gasteiger charge is 2.32. The molecule has 0 heterocycles. The maximum atomic E-state index is 12.8. The van der Waals surface area contributed by atoms with Gasteiger partial charge in [0.2, 0.25) is 15.9 Å². The van der Waals surface area contributed by atoms with Gasteiger partial charge in [0.25, 0.3) is 0 Å². The molecule has 0 radical (unpaired) electrons. The summed E-state index contributed by atoms with van der Waals surface area (Å²) in [5.41, 5.74) is -0.110. The predicted molar refractivity (Wildman–Crippen MR) is 95.1 cm³/mol. The maximum Gasteiger partial charge on any atom is 0.416 e. The molecule has 0 saturated carbocycles. The fourth-order valence-corrected chi connectivity index (χ4v) is 3.10. The molecule has 0 aliphatic rings. The van der Waals surface area contributed by atoms with Crippen LogP contribution in [-0.4, -0.2) is 31.9 Å². The summed E-state index contributed by atoms with van der Waals surface area (Å²) in [7, 11) is -2.41. The number of sulfonamides is 1. The van der Waals surface area contributed by atoms with Gasteiger partial charge >= 0.3 is 6.18 Å². The highest BCUT2D eigenvalue weighted by molar-refractivity contribution is 7.88. The first kappa shape index (κ1) is 20.9. The molecule has 0 bridgehead atoms. The van der Waals surface area contributed by atoms with Crippen molar-refractivity contribution < 1.29 is 26.4 Å². The lowest BCUT2D eigenvalue weighted by molar-refractivity contribution is -0.137. The molecule has 1 amide bonds. The number of hydrogen-bond donors (Lipinski definition) is 1. The van der Waals surface area contributed by atoms with Crippen molar-refractivity contribution in [3.8, 4) is 0 Å². The Labute approximate surface area is 155 Å². The first-order valence-electron chi connectivity index (χ1n) is 7.92. The molecule has 2 rings (SSSR count). The molecule has 1 N–H and O–H groups in total. The lowest BCUT2D eigenvalue weighted by atomic mass is 10.1. The zero-order chi connectivity index (χ0) is 20.2. The van der Waals surface area contributed by atoms with Crippen molar-refractivity contribution in [2.45, 2.75) is 18.8 Å². The monoisotopic (exact) mass is 400 g/mol. The molecule has 0 unspecified atom stereocenters. The minimum Gasteiger partial charge on any atom is -0.350 e. The summed E-state index contributed by atoms with van der Waals surface area (Å²) in [4.78, 5) is 12.6. The Balaban J connectivity index is 2.22. The molecular formula is C18H19F3N2O3S. The Kier molecular flexibility index (Phi) is 6.27. The number of nitrogens with zero attached hydrogens (tertiary/aromatic N) is 1. The van der Waals surface area contributed by atoms with Crippen LogP contribution < -0.4 is 5.32 Å². The lowest BCUT2D eigenvalue weighted by Crippen LogP contribution is -2.41. The molecule has 1 atom stereocenters. The molecule has 146 valence electrons. The molecule has 9 heteroatoms. The highest BCUT2D eigenvalue weighted by Crippen LogP contribution is 2.29. The molecular weight excluding hydrogens is 381 g/mol. The van der Waals surface area contributed by atoms with Crippen LogP contribution in [-0.2, 0) is 27.5 Å². The van der Waals surface area contributed by atoms with Crippen LogP contribution in [0.2, 0.25) is 0 Å². The third-order valence-corrected chi connectivity index (χ3v) is 5.23. The largest absolute Gasteiger partial charge is 0.416 e. The number of likely N-dealkylation sites (N-methyl/N-ethyl adjacent to an activating group) is 1. The average Bonchev–Trinajstić information content (AvgIpc) is 2.60. The van der Waals surface area contributed by atoms with E-state index in [1.807, 2.05) is 0 Å². The lowest BCUT2D eigenvalue weighted by Gasteiger charge is -2.25. The van der Waals surface area contributed by atoms with Crippen LogP contribution in [0.25, 0.3) is 0 Å². The van der Waals surface area contributed by atoms with E-state index in [4.69, 9.17) is 0 Å². The van der Waals surface area contributed by atoms with Gasteiger partial charge in [0, 0.05) is 13.6 Å². The summed E-state index contributed by atoms with van der Waals surface area (Å²) >= 11 is 0. The fourth-order valence-electron chi connectivity index (χ4n) is 2.50. The first-order valence-corrected chi connectivity index (χ1v) is 9.77. The van der Waals surface area contributed by atoms with E-state index in [0.29, 0.717) is 5.56 Å². The van der Waals surface area contributed by atoms with Crippen molar-refractivity contribution in [2.24, 2.45) is 0 Å². The molecule has 0 aliphatic heterocycles. The standard InChI is InChI=1S/C18H19F3N2O3S/c1-23(27(2,25)26)16(14-8-4-3-5-9-14)17(24)22-12-13-7-6-10-15(11-13)18(19,20)21/h3-11,16H,12H2,1-2H3,(H,22,24)/t16-/m1/s1. The maximum absolute atomic E-state index is 12.8. The third kappa shape index (κ3) is 5.54. The van der Waals surface area contributed by atoms with Crippen LogP contribution in [0.3, 0.4) is 0 Å². The van der Waals surface area contributed by atoms with Crippen LogP contribution >= 0.6 is 0 Å². The van der Waals surface area contributed by atoms with Gasteiger partial charge in [-0.1, -0.05) is 42.5 Å². The molecule has 0 fully saturated rings. The number of amides is 1. The number of nitrogens with one attached hydrogen (secondary N) is 1. The highest BCUT2D eigenvalue weighted by atomic mass is 32.2. The van der Waals surface area contributed by atoms with Gasteiger partial charge < -0.3 is 5.32 Å². The van der Waals surface area contributed by atoms with Gasteiger partial charge in [-0.25, -0.2) is 8.42 Å². The molecule has 0 aromatic heterocycles. The van der Waals surface area contributed by atoms with Gasteiger partial charge in [-0.15, -0.1) is 0 Å². The summed E-state index contributed by atoms with van der Waals surface area (Å²) < 4.78 is 63.1. The van der Waals surface area contributed by atoms with E-state index in [1.165, 1.54) is 19.2 Å². The van der Waals surface area contributed by atoms with Gasteiger partial charge in [-0.05, 0) is 23.3 Å². The van der Waals surface area contributed by atoms with Crippen LogP contribution in [0.15, 0.2) is 54.6 Å². The van der Waals surface area contributed by atoms with Crippen molar-refractivity contribution in [1.82, 2.24) is 9.62 Å². The number of carbonyl (C=O) groups excluding carboxylic acids is 1. The predicted octanol–water partition coefficient (Wildman–Crippen LogP) is 2.95. The minimum absolute atomic E-state index is 0.163. The summed E-state index contributed by atoms with van der Waals surface area (Å²) in [5.74, 6) is -0.633. The van der Waals surface area contributed by atoms with Gasteiger partial charge in [-0.3, -0.25) is 4.79 Å². The number of alkyl halides is 3. The van der Waals surface area contributed by atoms with Crippen molar-refractivity contribution in [2.75, 3.05) is 13.3 Å². The third-order valence-electron chi connectivity index (χ3n) is 3.97. The van der Waals surface area contributed by atoms with Gasteiger partial charge in [0.15, 0.2) is 0 Å². The summed E-state index contributed by atoms with van der Waals surface area (Å²) in [6.45, 7) is -0.163.